The lowest BCUT2D eigenvalue weighted by Crippen LogP contribution is -2.33. The lowest BCUT2D eigenvalue weighted by molar-refractivity contribution is -0.385. The van der Waals surface area contributed by atoms with Gasteiger partial charge in [-0.15, -0.1) is 0 Å². The van der Waals surface area contributed by atoms with Crippen LogP contribution in [0.3, 0.4) is 0 Å². The first-order chi connectivity index (χ1) is 11.1. The Morgan fingerprint density at radius 3 is 2.54 bits per heavy atom. The number of hydrogen-bond acceptors (Lipinski definition) is 5. The highest BCUT2D eigenvalue weighted by atomic mass is 16.6. The van der Waals surface area contributed by atoms with Crippen LogP contribution in [0.5, 0.6) is 0 Å². The van der Waals surface area contributed by atoms with Crippen LogP contribution in [0.15, 0.2) is 18.2 Å². The molecule has 0 bridgehead atoms. The van der Waals surface area contributed by atoms with Crippen molar-refractivity contribution < 1.29 is 19.2 Å². The van der Waals surface area contributed by atoms with Gasteiger partial charge in [-0.25, -0.2) is 4.79 Å². The third kappa shape index (κ3) is 7.08. The maximum absolute atomic E-state index is 11.8. The van der Waals surface area contributed by atoms with Crippen LogP contribution in [0.2, 0.25) is 0 Å². The summed E-state index contributed by atoms with van der Waals surface area (Å²) in [5.74, 6) is -0.279. The second kappa shape index (κ2) is 8.28. The van der Waals surface area contributed by atoms with Crippen molar-refractivity contribution in [3.63, 3.8) is 0 Å². The minimum absolute atomic E-state index is 0.0422. The average molecular weight is 337 g/mol. The lowest BCUT2D eigenvalue weighted by atomic mass is 10.2. The minimum atomic E-state index is -0.568. The zero-order valence-electron chi connectivity index (χ0n) is 14.3. The van der Waals surface area contributed by atoms with E-state index in [1.165, 1.54) is 6.07 Å². The SMILES string of the molecule is Cc1ccc(NC(=O)CCCNC(=O)OC(C)(C)C)cc1[N+](=O)[O-]. The molecule has 1 rings (SSSR count). The smallest absolute Gasteiger partial charge is 0.407 e. The number of amides is 2. The van der Waals surface area contributed by atoms with Gasteiger partial charge in [0.1, 0.15) is 5.60 Å². The van der Waals surface area contributed by atoms with E-state index in [1.54, 1.807) is 39.8 Å². The van der Waals surface area contributed by atoms with Gasteiger partial charge in [-0.3, -0.25) is 14.9 Å². The number of alkyl carbamates (subject to hydrolysis) is 1. The Balaban J connectivity index is 2.38. The zero-order valence-corrected chi connectivity index (χ0v) is 14.3. The highest BCUT2D eigenvalue weighted by Gasteiger charge is 2.16. The van der Waals surface area contributed by atoms with E-state index in [2.05, 4.69) is 10.6 Å². The number of carbonyl (C=O) groups excluding carboxylic acids is 2. The first-order valence-electron chi connectivity index (χ1n) is 7.60. The molecule has 2 amide bonds. The summed E-state index contributed by atoms with van der Waals surface area (Å²) in [5, 5.41) is 16.0. The molecule has 24 heavy (non-hydrogen) atoms. The quantitative estimate of drug-likeness (QED) is 0.470. The van der Waals surface area contributed by atoms with Crippen molar-refractivity contribution in [2.75, 3.05) is 11.9 Å². The monoisotopic (exact) mass is 337 g/mol. The number of benzene rings is 1. The van der Waals surface area contributed by atoms with E-state index >= 15 is 0 Å². The van der Waals surface area contributed by atoms with Gasteiger partial charge in [0.25, 0.3) is 5.69 Å². The standard InChI is InChI=1S/C16H23N3O5/c1-11-7-8-12(10-13(11)19(22)23)18-14(20)6-5-9-17-15(21)24-16(2,3)4/h7-8,10H,5-6,9H2,1-4H3,(H,17,21)(H,18,20). The number of carbonyl (C=O) groups is 2. The molecule has 0 atom stereocenters. The minimum Gasteiger partial charge on any atom is -0.444 e. The molecule has 0 aliphatic heterocycles. The molecule has 0 radical (unpaired) electrons. The highest BCUT2D eigenvalue weighted by Crippen LogP contribution is 2.22. The predicted octanol–water partition coefficient (Wildman–Crippen LogP) is 3.15. The van der Waals surface area contributed by atoms with E-state index < -0.39 is 16.6 Å². The summed E-state index contributed by atoms with van der Waals surface area (Å²) in [6, 6.07) is 4.52. The maximum Gasteiger partial charge on any atom is 0.407 e. The molecule has 132 valence electrons. The van der Waals surface area contributed by atoms with Gasteiger partial charge in [0.15, 0.2) is 0 Å². The Morgan fingerprint density at radius 2 is 1.96 bits per heavy atom. The van der Waals surface area contributed by atoms with Crippen LogP contribution in [0.25, 0.3) is 0 Å². The van der Waals surface area contributed by atoms with E-state index in [9.17, 15) is 19.7 Å². The summed E-state index contributed by atoms with van der Waals surface area (Å²) in [6.07, 6.45) is 0.0771. The number of hydrogen-bond donors (Lipinski definition) is 2. The van der Waals surface area contributed by atoms with Gasteiger partial charge in [0, 0.05) is 30.3 Å². The van der Waals surface area contributed by atoms with Crippen molar-refractivity contribution in [2.45, 2.75) is 46.1 Å². The van der Waals surface area contributed by atoms with Crippen molar-refractivity contribution in [2.24, 2.45) is 0 Å². The van der Waals surface area contributed by atoms with Crippen LogP contribution in [0, 0.1) is 17.0 Å². The molecule has 8 nitrogen and oxygen atoms in total. The van der Waals surface area contributed by atoms with E-state index in [0.29, 0.717) is 24.2 Å². The molecule has 1 aromatic carbocycles. The molecule has 0 aliphatic carbocycles. The lowest BCUT2D eigenvalue weighted by Gasteiger charge is -2.19. The van der Waals surface area contributed by atoms with E-state index in [4.69, 9.17) is 4.74 Å². The Kier molecular flexibility index (Phi) is 6.69. The van der Waals surface area contributed by atoms with Crippen LogP contribution < -0.4 is 10.6 Å². The average Bonchev–Trinajstić information content (AvgIpc) is 2.43. The Labute approximate surface area is 140 Å². The number of nitro groups is 1. The molecule has 0 saturated carbocycles. The molecular weight excluding hydrogens is 314 g/mol. The largest absolute Gasteiger partial charge is 0.444 e. The summed E-state index contributed by atoms with van der Waals surface area (Å²) in [5.41, 5.74) is 0.290. The van der Waals surface area contributed by atoms with Crippen LogP contribution in [0.1, 0.15) is 39.2 Å². The second-order valence-electron chi connectivity index (χ2n) is 6.34. The molecule has 0 unspecified atom stereocenters. The first kappa shape index (κ1) is 19.4. The molecule has 2 N–H and O–H groups in total. The van der Waals surface area contributed by atoms with Gasteiger partial charge < -0.3 is 15.4 Å². The topological polar surface area (TPSA) is 111 Å². The molecule has 0 saturated heterocycles. The van der Waals surface area contributed by atoms with Crippen molar-refractivity contribution in [1.82, 2.24) is 5.32 Å². The third-order valence-electron chi connectivity index (χ3n) is 2.94. The molecule has 1 aromatic rings. The first-order valence-corrected chi connectivity index (χ1v) is 7.60. The fourth-order valence-corrected chi connectivity index (χ4v) is 1.86. The predicted molar refractivity (Wildman–Crippen MR) is 89.9 cm³/mol. The Bertz CT molecular complexity index is 623. The number of nitrogens with one attached hydrogen (secondary N) is 2. The van der Waals surface area contributed by atoms with Gasteiger partial charge in [0.05, 0.1) is 4.92 Å². The van der Waals surface area contributed by atoms with Crippen molar-refractivity contribution >= 4 is 23.4 Å². The van der Waals surface area contributed by atoms with Gasteiger partial charge in [0.2, 0.25) is 5.91 Å². The number of nitro benzene ring substituents is 1. The maximum atomic E-state index is 11.8. The summed E-state index contributed by atoms with van der Waals surface area (Å²) in [4.78, 5) is 33.6. The number of ether oxygens (including phenoxy) is 1. The summed E-state index contributed by atoms with van der Waals surface area (Å²) < 4.78 is 5.07. The number of nitrogens with zero attached hydrogens (tertiary/aromatic N) is 1. The molecule has 0 spiro atoms. The summed E-state index contributed by atoms with van der Waals surface area (Å²) in [6.45, 7) is 7.23. The molecule has 0 aromatic heterocycles. The molecular formula is C16H23N3O5. The van der Waals surface area contributed by atoms with Gasteiger partial charge >= 0.3 is 6.09 Å². The van der Waals surface area contributed by atoms with Crippen LogP contribution >= 0.6 is 0 Å². The Hall–Kier alpha value is -2.64. The van der Waals surface area contributed by atoms with Crippen LogP contribution in [-0.2, 0) is 9.53 Å². The summed E-state index contributed by atoms with van der Waals surface area (Å²) >= 11 is 0. The number of rotatable bonds is 6. The van der Waals surface area contributed by atoms with E-state index in [-0.39, 0.29) is 18.0 Å². The van der Waals surface area contributed by atoms with Crippen molar-refractivity contribution in [1.29, 1.82) is 0 Å². The molecule has 0 fully saturated rings. The highest BCUT2D eigenvalue weighted by molar-refractivity contribution is 5.91. The fraction of sp³-hybridized carbons (Fsp3) is 0.500. The van der Waals surface area contributed by atoms with Crippen molar-refractivity contribution in [3.8, 4) is 0 Å². The van der Waals surface area contributed by atoms with Crippen LogP contribution in [0.4, 0.5) is 16.2 Å². The molecule has 0 aliphatic rings. The van der Waals surface area contributed by atoms with Crippen LogP contribution in [-0.4, -0.2) is 29.1 Å². The van der Waals surface area contributed by atoms with Gasteiger partial charge in [-0.05, 0) is 40.2 Å². The van der Waals surface area contributed by atoms with Gasteiger partial charge in [-0.2, -0.15) is 0 Å². The van der Waals surface area contributed by atoms with E-state index in [1.807, 2.05) is 0 Å². The number of anilines is 1. The van der Waals surface area contributed by atoms with Gasteiger partial charge in [-0.1, -0.05) is 6.07 Å². The molecule has 8 heteroatoms. The zero-order chi connectivity index (χ0) is 18.3. The third-order valence-corrected chi connectivity index (χ3v) is 2.94. The second-order valence-corrected chi connectivity index (χ2v) is 6.34. The molecule has 0 heterocycles. The fourth-order valence-electron chi connectivity index (χ4n) is 1.86. The van der Waals surface area contributed by atoms with Crippen molar-refractivity contribution in [3.05, 3.63) is 33.9 Å². The normalized spacial score (nSPS) is 10.8. The number of aryl methyl sites for hydroxylation is 1. The Morgan fingerprint density at radius 1 is 1.29 bits per heavy atom. The summed E-state index contributed by atoms with van der Waals surface area (Å²) in [7, 11) is 0. The van der Waals surface area contributed by atoms with E-state index in [0.717, 1.165) is 0 Å².